The number of rotatable bonds is 13. The van der Waals surface area contributed by atoms with Gasteiger partial charge in [-0.25, -0.2) is 0 Å². The lowest BCUT2D eigenvalue weighted by Crippen LogP contribution is -2.08. The molecule has 0 saturated heterocycles. The predicted octanol–water partition coefficient (Wildman–Crippen LogP) is 10.3. The van der Waals surface area contributed by atoms with E-state index in [-0.39, 0.29) is 11.7 Å². The molecule has 0 aliphatic rings. The Kier molecular flexibility index (Phi) is 12.7. The van der Waals surface area contributed by atoms with E-state index in [2.05, 4.69) is 16.0 Å². The number of para-hydroxylation sites is 1. The Morgan fingerprint density at radius 3 is 1.45 bits per heavy atom. The molecule has 49 heavy (non-hydrogen) atoms. The minimum atomic E-state index is 0.0954. The van der Waals surface area contributed by atoms with Crippen LogP contribution in [-0.2, 0) is 6.61 Å². The molecule has 0 spiro atoms. The van der Waals surface area contributed by atoms with Crippen LogP contribution in [0.4, 0.5) is 34.1 Å². The Morgan fingerprint density at radius 1 is 0.592 bits per heavy atom. The fraction of sp³-hybridized carbons (Fsp3) is 0.0811. The summed E-state index contributed by atoms with van der Waals surface area (Å²) in [5.41, 5.74) is 18.3. The molecule has 4 aromatic carbocycles. The van der Waals surface area contributed by atoms with E-state index in [1.165, 1.54) is 22.7 Å². The number of ether oxygens (including phenoxy) is 1. The maximum absolute atomic E-state index is 7.58. The molecule has 250 valence electrons. The summed E-state index contributed by atoms with van der Waals surface area (Å²) in [5.74, 6) is 1.03. The van der Waals surface area contributed by atoms with Gasteiger partial charge in [-0.2, -0.15) is 0 Å². The van der Waals surface area contributed by atoms with Crippen LogP contribution in [0.3, 0.4) is 0 Å². The number of hydrogen-bond acceptors (Lipinski definition) is 10. The van der Waals surface area contributed by atoms with Crippen LogP contribution in [0.5, 0.6) is 5.75 Å². The van der Waals surface area contributed by atoms with Crippen molar-refractivity contribution in [1.29, 1.82) is 10.8 Å². The van der Waals surface area contributed by atoms with Crippen LogP contribution < -0.4 is 32.2 Å². The zero-order valence-electron chi connectivity index (χ0n) is 27.0. The van der Waals surface area contributed by atoms with Crippen LogP contribution in [0.1, 0.15) is 15.3 Å². The molecule has 0 radical (unpaired) electrons. The smallest absolute Gasteiger partial charge is 0.133 e. The molecule has 0 aliphatic heterocycles. The van der Waals surface area contributed by atoms with E-state index in [1.54, 1.807) is 23.5 Å². The summed E-state index contributed by atoms with van der Waals surface area (Å²) < 4.78 is 8.03. The number of benzene rings is 4. The number of nitrogens with one attached hydrogen (secondary N) is 5. The minimum absolute atomic E-state index is 0.0954. The summed E-state index contributed by atoms with van der Waals surface area (Å²) in [6.07, 6.45) is 4.04. The number of thioether (sulfide) groups is 2. The van der Waals surface area contributed by atoms with Crippen molar-refractivity contribution in [2.45, 2.75) is 15.0 Å². The molecule has 8 nitrogen and oxygen atoms in total. The SMILES string of the molecule is CSc1sc(C(=N)N)cc1Nc1ccc(Nc2ccccc2)cc1.CSc1sc(C(=N)N)cc1Nc1ccc(OCc2ccccc2)cc1. The van der Waals surface area contributed by atoms with E-state index in [9.17, 15) is 0 Å². The summed E-state index contributed by atoms with van der Waals surface area (Å²) in [6, 6.07) is 40.0. The maximum Gasteiger partial charge on any atom is 0.133 e. The molecule has 6 rings (SSSR count). The second kappa shape index (κ2) is 17.5. The van der Waals surface area contributed by atoms with Gasteiger partial charge in [-0.05, 0) is 90.9 Å². The summed E-state index contributed by atoms with van der Waals surface area (Å²) in [5, 5.41) is 25.3. The van der Waals surface area contributed by atoms with Crippen LogP contribution in [0.2, 0.25) is 0 Å². The highest BCUT2D eigenvalue weighted by molar-refractivity contribution is 8.00. The van der Waals surface area contributed by atoms with Gasteiger partial charge in [0.2, 0.25) is 0 Å². The van der Waals surface area contributed by atoms with Crippen LogP contribution in [0.25, 0.3) is 0 Å². The Labute approximate surface area is 303 Å². The standard InChI is InChI=1S/C19H19N3OS2.C18H18N4S2/c1-24-19-16(11-17(25-19)18(20)21)22-14-7-9-15(10-8-14)23-12-13-5-3-2-4-6-13;1-23-18-15(11-16(24-18)17(19)20)22-14-9-7-13(8-10-14)21-12-5-3-2-4-6-12/h2-11,22H,12H2,1H3,(H3,20,21);2-11,21-22H,1H3,(H3,19,20). The molecule has 9 N–H and O–H groups in total. The molecule has 0 fully saturated rings. The zero-order chi connectivity index (χ0) is 34.6. The Bertz CT molecular complexity index is 1960. The van der Waals surface area contributed by atoms with Gasteiger partial charge in [0.05, 0.1) is 29.5 Å². The van der Waals surface area contributed by atoms with Gasteiger partial charge < -0.3 is 32.2 Å². The molecule has 12 heteroatoms. The van der Waals surface area contributed by atoms with Crippen molar-refractivity contribution in [3.63, 3.8) is 0 Å². The average Bonchev–Trinajstić information content (AvgIpc) is 3.74. The van der Waals surface area contributed by atoms with Crippen molar-refractivity contribution < 1.29 is 4.74 Å². The number of amidine groups is 2. The third-order valence-corrected chi connectivity index (χ3v) is 11.5. The van der Waals surface area contributed by atoms with Crippen molar-refractivity contribution in [3.05, 3.63) is 137 Å². The fourth-order valence-electron chi connectivity index (χ4n) is 4.50. The number of nitrogens with two attached hydrogens (primary N) is 2. The number of thiophene rings is 2. The van der Waals surface area contributed by atoms with Gasteiger partial charge in [-0.1, -0.05) is 48.5 Å². The molecule has 0 bridgehead atoms. The topological polar surface area (TPSA) is 145 Å². The lowest BCUT2D eigenvalue weighted by molar-refractivity contribution is 0.306. The summed E-state index contributed by atoms with van der Waals surface area (Å²) in [6.45, 7) is 0.552. The van der Waals surface area contributed by atoms with Crippen LogP contribution in [0, 0.1) is 10.8 Å². The first kappa shape index (κ1) is 35.4. The Morgan fingerprint density at radius 2 is 1.00 bits per heavy atom. The van der Waals surface area contributed by atoms with E-state index in [0.29, 0.717) is 6.61 Å². The minimum Gasteiger partial charge on any atom is -0.489 e. The average molecular weight is 724 g/mol. The highest BCUT2D eigenvalue weighted by Crippen LogP contribution is 2.38. The van der Waals surface area contributed by atoms with Gasteiger partial charge in [-0.3, -0.25) is 10.8 Å². The third kappa shape index (κ3) is 10.3. The summed E-state index contributed by atoms with van der Waals surface area (Å²) in [4.78, 5) is 1.55. The molecular weight excluding hydrogens is 687 g/mol. The quantitative estimate of drug-likeness (QED) is 0.0354. The monoisotopic (exact) mass is 723 g/mol. The lowest BCUT2D eigenvalue weighted by Gasteiger charge is -2.09. The van der Waals surface area contributed by atoms with Crippen molar-refractivity contribution in [2.75, 3.05) is 28.5 Å². The molecule has 6 aromatic rings. The number of nitrogen functional groups attached to an aromatic ring is 2. The molecule has 0 amide bonds. The van der Waals surface area contributed by atoms with E-state index in [1.807, 2.05) is 134 Å². The first-order valence-corrected chi connectivity index (χ1v) is 19.2. The molecule has 0 saturated carbocycles. The predicted molar refractivity (Wildman–Crippen MR) is 214 cm³/mol. The van der Waals surface area contributed by atoms with Gasteiger partial charge in [0, 0.05) is 22.7 Å². The van der Waals surface area contributed by atoms with Gasteiger partial charge >= 0.3 is 0 Å². The second-order valence-corrected chi connectivity index (χ2v) is 14.7. The van der Waals surface area contributed by atoms with Crippen LogP contribution >= 0.6 is 46.2 Å². The van der Waals surface area contributed by atoms with Crippen molar-refractivity contribution in [2.24, 2.45) is 11.5 Å². The molecule has 2 heterocycles. The number of anilines is 6. The first-order valence-electron chi connectivity index (χ1n) is 15.1. The molecule has 0 aliphatic carbocycles. The van der Waals surface area contributed by atoms with Crippen molar-refractivity contribution in [1.82, 2.24) is 0 Å². The molecule has 0 unspecified atom stereocenters. The normalized spacial score (nSPS) is 10.4. The third-order valence-electron chi connectivity index (χ3n) is 6.91. The van der Waals surface area contributed by atoms with E-state index in [0.717, 1.165) is 63.6 Å². The summed E-state index contributed by atoms with van der Waals surface area (Å²) in [7, 11) is 0. The van der Waals surface area contributed by atoms with Crippen LogP contribution in [-0.4, -0.2) is 24.2 Å². The van der Waals surface area contributed by atoms with Gasteiger partial charge in [0.1, 0.15) is 24.0 Å². The van der Waals surface area contributed by atoms with E-state index in [4.69, 9.17) is 27.0 Å². The molecular formula is C37H37N7OS4. The first-order chi connectivity index (χ1) is 23.8. The van der Waals surface area contributed by atoms with Gasteiger partial charge in [-0.15, -0.1) is 46.2 Å². The molecule has 0 atom stereocenters. The largest absolute Gasteiger partial charge is 0.489 e. The van der Waals surface area contributed by atoms with Crippen molar-refractivity contribution >= 4 is 92.0 Å². The van der Waals surface area contributed by atoms with Gasteiger partial charge in [0.15, 0.2) is 0 Å². The molecule has 2 aromatic heterocycles. The highest BCUT2D eigenvalue weighted by atomic mass is 32.2. The zero-order valence-corrected chi connectivity index (χ0v) is 30.2. The van der Waals surface area contributed by atoms with Gasteiger partial charge in [0.25, 0.3) is 0 Å². The van der Waals surface area contributed by atoms with E-state index < -0.39 is 0 Å². The van der Waals surface area contributed by atoms with Crippen molar-refractivity contribution in [3.8, 4) is 5.75 Å². The maximum atomic E-state index is 7.58. The van der Waals surface area contributed by atoms with E-state index >= 15 is 0 Å². The fourth-order valence-corrected chi connectivity index (χ4v) is 7.78. The second-order valence-electron chi connectivity index (χ2n) is 10.5. The lowest BCUT2D eigenvalue weighted by atomic mass is 10.2. The van der Waals surface area contributed by atoms with Crippen LogP contribution in [0.15, 0.2) is 130 Å². The highest BCUT2D eigenvalue weighted by Gasteiger charge is 2.12. The summed E-state index contributed by atoms with van der Waals surface area (Å²) >= 11 is 6.34. The number of hydrogen-bond donors (Lipinski definition) is 7. The Balaban J connectivity index is 0.000000191. The Hall–Kier alpha value is -4.88.